The van der Waals surface area contributed by atoms with Crippen LogP contribution < -0.4 is 16.6 Å². The van der Waals surface area contributed by atoms with Gasteiger partial charge in [0.1, 0.15) is 6.04 Å². The van der Waals surface area contributed by atoms with Crippen molar-refractivity contribution in [3.63, 3.8) is 0 Å². The Balaban J connectivity index is 1.91. The second kappa shape index (κ2) is 8.04. The molecular weight excluding hydrogens is 401 g/mol. The first-order chi connectivity index (χ1) is 13.3. The van der Waals surface area contributed by atoms with Crippen LogP contribution in [0.4, 0.5) is 5.69 Å². The molecule has 0 radical (unpaired) electrons. The smallest absolute Gasteiger partial charge is 0.259 e. The van der Waals surface area contributed by atoms with E-state index in [2.05, 4.69) is 5.32 Å². The number of primary amides is 1. The quantitative estimate of drug-likeness (QED) is 0.664. The zero-order valence-electron chi connectivity index (χ0n) is 14.9. The molecule has 1 atom stereocenters. The first-order valence-corrected chi connectivity index (χ1v) is 9.20. The molecule has 144 valence electrons. The van der Waals surface area contributed by atoms with Gasteiger partial charge >= 0.3 is 0 Å². The number of amides is 2. The molecule has 8 heteroatoms. The van der Waals surface area contributed by atoms with Crippen molar-refractivity contribution in [2.75, 3.05) is 5.32 Å². The Morgan fingerprint density at radius 2 is 1.89 bits per heavy atom. The van der Waals surface area contributed by atoms with Gasteiger partial charge in [0.15, 0.2) is 0 Å². The van der Waals surface area contributed by atoms with Gasteiger partial charge in [0.25, 0.3) is 5.56 Å². The van der Waals surface area contributed by atoms with Crippen molar-refractivity contribution in [1.82, 2.24) is 4.57 Å². The number of nitrogens with two attached hydrogens (primary N) is 1. The number of carbonyl (C=O) groups excluding carboxylic acids is 2. The summed E-state index contributed by atoms with van der Waals surface area (Å²) in [4.78, 5) is 36.6. The molecule has 0 saturated carbocycles. The average molecular weight is 418 g/mol. The SMILES string of the molecule is C[C@H](C(N)=O)n1ccc2c(NC(=O)Cc3ccc(Cl)cc3Cl)cccc2c1=O. The van der Waals surface area contributed by atoms with Crippen LogP contribution in [-0.4, -0.2) is 16.4 Å². The van der Waals surface area contributed by atoms with Crippen LogP contribution in [0.2, 0.25) is 10.0 Å². The summed E-state index contributed by atoms with van der Waals surface area (Å²) in [7, 11) is 0. The summed E-state index contributed by atoms with van der Waals surface area (Å²) in [5.41, 5.74) is 6.07. The lowest BCUT2D eigenvalue weighted by Crippen LogP contribution is -2.31. The molecule has 3 aromatic rings. The normalized spacial score (nSPS) is 12.0. The van der Waals surface area contributed by atoms with Gasteiger partial charge in [0, 0.05) is 32.7 Å². The number of carbonyl (C=O) groups is 2. The summed E-state index contributed by atoms with van der Waals surface area (Å²) in [6, 6.07) is 10.8. The van der Waals surface area contributed by atoms with Gasteiger partial charge < -0.3 is 15.6 Å². The molecule has 0 aliphatic carbocycles. The van der Waals surface area contributed by atoms with Crippen molar-refractivity contribution in [2.24, 2.45) is 5.73 Å². The zero-order chi connectivity index (χ0) is 20.4. The van der Waals surface area contributed by atoms with Crippen molar-refractivity contribution in [2.45, 2.75) is 19.4 Å². The molecule has 0 aliphatic rings. The lowest BCUT2D eigenvalue weighted by Gasteiger charge is -2.14. The molecule has 3 N–H and O–H groups in total. The minimum atomic E-state index is -0.776. The molecule has 1 aromatic heterocycles. The van der Waals surface area contributed by atoms with E-state index in [1.165, 1.54) is 10.8 Å². The summed E-state index contributed by atoms with van der Waals surface area (Å²) in [6.07, 6.45) is 1.55. The average Bonchev–Trinajstić information content (AvgIpc) is 2.64. The highest BCUT2D eigenvalue weighted by Gasteiger charge is 2.16. The minimum absolute atomic E-state index is 0.0577. The van der Waals surface area contributed by atoms with E-state index in [0.717, 1.165) is 0 Å². The molecule has 0 spiro atoms. The van der Waals surface area contributed by atoms with Crippen LogP contribution in [0.25, 0.3) is 10.8 Å². The Bertz CT molecular complexity index is 1140. The van der Waals surface area contributed by atoms with Gasteiger partial charge in [0.05, 0.1) is 6.42 Å². The van der Waals surface area contributed by atoms with Crippen molar-refractivity contribution in [1.29, 1.82) is 0 Å². The van der Waals surface area contributed by atoms with Gasteiger partial charge in [-0.2, -0.15) is 0 Å². The maximum absolute atomic E-state index is 12.7. The summed E-state index contributed by atoms with van der Waals surface area (Å²) in [6.45, 7) is 1.55. The highest BCUT2D eigenvalue weighted by molar-refractivity contribution is 6.35. The predicted octanol–water partition coefficient (Wildman–Crippen LogP) is 3.54. The largest absolute Gasteiger partial charge is 0.368 e. The molecule has 28 heavy (non-hydrogen) atoms. The number of halogens is 2. The molecule has 0 bridgehead atoms. The van der Waals surface area contributed by atoms with Crippen LogP contribution in [0.1, 0.15) is 18.5 Å². The Morgan fingerprint density at radius 3 is 2.57 bits per heavy atom. The number of hydrogen-bond acceptors (Lipinski definition) is 3. The first kappa shape index (κ1) is 19.9. The van der Waals surface area contributed by atoms with E-state index >= 15 is 0 Å². The van der Waals surface area contributed by atoms with Crippen molar-refractivity contribution in [3.05, 3.63) is 74.6 Å². The van der Waals surface area contributed by atoms with Gasteiger partial charge in [-0.15, -0.1) is 0 Å². The van der Waals surface area contributed by atoms with E-state index in [-0.39, 0.29) is 17.9 Å². The standard InChI is InChI=1S/C20H17Cl2N3O3/c1-11(19(23)27)25-8-7-14-15(20(25)28)3-2-4-17(14)24-18(26)9-12-5-6-13(21)10-16(12)22/h2-8,10-11H,9H2,1H3,(H2,23,27)(H,24,26)/t11-/m1/s1. The van der Waals surface area contributed by atoms with Crippen molar-refractivity contribution >= 4 is 51.5 Å². The topological polar surface area (TPSA) is 94.2 Å². The third-order valence-electron chi connectivity index (χ3n) is 4.44. The number of rotatable bonds is 5. The van der Waals surface area contributed by atoms with Gasteiger partial charge in [-0.1, -0.05) is 35.3 Å². The molecule has 0 saturated heterocycles. The fourth-order valence-electron chi connectivity index (χ4n) is 2.88. The van der Waals surface area contributed by atoms with Gasteiger partial charge in [-0.05, 0) is 42.8 Å². The van der Waals surface area contributed by atoms with E-state index in [0.29, 0.717) is 32.1 Å². The number of hydrogen-bond donors (Lipinski definition) is 2. The summed E-state index contributed by atoms with van der Waals surface area (Å²) >= 11 is 12.0. The maximum atomic E-state index is 12.7. The number of fused-ring (bicyclic) bond motifs is 1. The van der Waals surface area contributed by atoms with Gasteiger partial charge in [-0.3, -0.25) is 14.4 Å². The van der Waals surface area contributed by atoms with Gasteiger partial charge in [-0.25, -0.2) is 0 Å². The van der Waals surface area contributed by atoms with E-state index in [1.807, 2.05) is 0 Å². The Morgan fingerprint density at radius 1 is 1.14 bits per heavy atom. The summed E-state index contributed by atoms with van der Waals surface area (Å²) in [5, 5.41) is 4.64. The molecule has 6 nitrogen and oxygen atoms in total. The van der Waals surface area contributed by atoms with Crippen molar-refractivity contribution < 1.29 is 9.59 Å². The first-order valence-electron chi connectivity index (χ1n) is 8.45. The highest BCUT2D eigenvalue weighted by atomic mass is 35.5. The van der Waals surface area contributed by atoms with Crippen LogP contribution in [-0.2, 0) is 16.0 Å². The second-order valence-corrected chi connectivity index (χ2v) is 7.18. The number of benzene rings is 2. The molecule has 0 fully saturated rings. The Kier molecular flexibility index (Phi) is 5.72. The molecule has 1 heterocycles. The molecule has 0 unspecified atom stereocenters. The summed E-state index contributed by atoms with van der Waals surface area (Å²) < 4.78 is 1.27. The number of nitrogens with one attached hydrogen (secondary N) is 1. The number of aromatic nitrogens is 1. The van der Waals surface area contributed by atoms with Crippen LogP contribution >= 0.6 is 23.2 Å². The van der Waals surface area contributed by atoms with Crippen LogP contribution in [0.15, 0.2) is 53.5 Å². The third kappa shape index (κ3) is 4.03. The fraction of sp³-hybridized carbons (Fsp3) is 0.150. The molecule has 2 aromatic carbocycles. The van der Waals surface area contributed by atoms with E-state index in [4.69, 9.17) is 28.9 Å². The van der Waals surface area contributed by atoms with Crippen LogP contribution in [0.3, 0.4) is 0 Å². The molecular formula is C20H17Cl2N3O3. The molecule has 3 rings (SSSR count). The van der Waals surface area contributed by atoms with E-state index < -0.39 is 11.9 Å². The fourth-order valence-corrected chi connectivity index (χ4v) is 3.35. The zero-order valence-corrected chi connectivity index (χ0v) is 16.4. The molecule has 2 amide bonds. The Labute approximate surface area is 170 Å². The van der Waals surface area contributed by atoms with Crippen LogP contribution in [0.5, 0.6) is 0 Å². The number of pyridine rings is 1. The third-order valence-corrected chi connectivity index (χ3v) is 5.03. The van der Waals surface area contributed by atoms with Crippen molar-refractivity contribution in [3.8, 4) is 0 Å². The van der Waals surface area contributed by atoms with Gasteiger partial charge in [0.2, 0.25) is 11.8 Å². The monoisotopic (exact) mass is 417 g/mol. The minimum Gasteiger partial charge on any atom is -0.368 e. The maximum Gasteiger partial charge on any atom is 0.259 e. The van der Waals surface area contributed by atoms with E-state index in [1.54, 1.807) is 49.4 Å². The highest BCUT2D eigenvalue weighted by Crippen LogP contribution is 2.24. The van der Waals surface area contributed by atoms with Crippen LogP contribution in [0, 0.1) is 0 Å². The molecule has 0 aliphatic heterocycles. The summed E-state index contributed by atoms with van der Waals surface area (Å²) in [5.74, 6) is -0.892. The lowest BCUT2D eigenvalue weighted by atomic mass is 10.1. The predicted molar refractivity (Wildman–Crippen MR) is 111 cm³/mol. The van der Waals surface area contributed by atoms with E-state index in [9.17, 15) is 14.4 Å². The Hall–Kier alpha value is -2.83. The lowest BCUT2D eigenvalue weighted by molar-refractivity contribution is -0.120. The number of nitrogens with zero attached hydrogens (tertiary/aromatic N) is 1. The second-order valence-electron chi connectivity index (χ2n) is 6.33. The number of anilines is 1.